The van der Waals surface area contributed by atoms with E-state index in [9.17, 15) is 14.4 Å². The number of piperidine rings is 1. The highest BCUT2D eigenvalue weighted by Crippen LogP contribution is 2.35. The molecule has 9 nitrogen and oxygen atoms in total. The first-order valence-electron chi connectivity index (χ1n) is 9.60. The number of anilines is 1. The smallest absolute Gasteiger partial charge is 0.321 e. The van der Waals surface area contributed by atoms with Gasteiger partial charge < -0.3 is 15.0 Å². The topological polar surface area (TPSA) is 114 Å². The summed E-state index contributed by atoms with van der Waals surface area (Å²) in [5.41, 5.74) is 1.19. The number of urea groups is 1. The number of rotatable bonds is 5. The number of nitrogens with zero attached hydrogens (tertiary/aromatic N) is 3. The van der Waals surface area contributed by atoms with Gasteiger partial charge in [0.25, 0.3) is 5.91 Å². The number of esters is 1. The first kappa shape index (κ1) is 21.0. The Morgan fingerprint density at radius 3 is 2.66 bits per heavy atom. The molecule has 0 radical (unpaired) electrons. The predicted octanol–water partition coefficient (Wildman–Crippen LogP) is 1.91. The molecule has 10 heteroatoms. The lowest BCUT2D eigenvalue weighted by Crippen LogP contribution is -2.42. The van der Waals surface area contributed by atoms with Gasteiger partial charge in [0.15, 0.2) is 6.61 Å². The van der Waals surface area contributed by atoms with Gasteiger partial charge in [0, 0.05) is 24.5 Å². The van der Waals surface area contributed by atoms with Crippen molar-refractivity contribution < 1.29 is 19.1 Å². The van der Waals surface area contributed by atoms with Gasteiger partial charge in [-0.3, -0.25) is 14.9 Å². The Morgan fingerprint density at radius 2 is 1.97 bits per heavy atom. The number of aromatic nitrogens is 2. The summed E-state index contributed by atoms with van der Waals surface area (Å²) in [5, 5.41) is 5.63. The zero-order chi connectivity index (χ0) is 21.0. The number of ether oxygens (including phenoxy) is 1. The van der Waals surface area contributed by atoms with E-state index >= 15 is 0 Å². The number of carbonyl (C=O) groups is 3. The SMILES string of the molecule is CCNC(=O)NC(=O)COC(=O)C1CCN(c2ncnc3sc(C)c(C)c23)CC1. The van der Waals surface area contributed by atoms with Crippen LogP contribution in [0.4, 0.5) is 10.6 Å². The number of imide groups is 1. The molecule has 0 spiro atoms. The number of nitrogens with one attached hydrogen (secondary N) is 2. The molecule has 0 aliphatic carbocycles. The number of fused-ring (bicyclic) bond motifs is 1. The van der Waals surface area contributed by atoms with Crippen molar-refractivity contribution in [1.82, 2.24) is 20.6 Å². The molecule has 3 rings (SSSR count). The summed E-state index contributed by atoms with van der Waals surface area (Å²) in [4.78, 5) is 48.5. The van der Waals surface area contributed by atoms with Crippen molar-refractivity contribution in [3.05, 3.63) is 16.8 Å². The standard InChI is InChI=1S/C19H25N5O4S/c1-4-20-19(27)23-14(25)9-28-18(26)13-5-7-24(8-6-13)16-15-11(2)12(3)29-17(15)22-10-21-16/h10,13H,4-9H2,1-3H3,(H2,20,23,25,27). The average Bonchev–Trinajstić information content (AvgIpc) is 3.00. The summed E-state index contributed by atoms with van der Waals surface area (Å²) in [6.07, 6.45) is 2.82. The van der Waals surface area contributed by atoms with Crippen molar-refractivity contribution in [2.75, 3.05) is 31.1 Å². The molecule has 0 saturated carbocycles. The van der Waals surface area contributed by atoms with Gasteiger partial charge in [-0.2, -0.15) is 0 Å². The number of hydrogen-bond donors (Lipinski definition) is 2. The van der Waals surface area contributed by atoms with E-state index in [1.165, 1.54) is 10.4 Å². The molecule has 2 N–H and O–H groups in total. The summed E-state index contributed by atoms with van der Waals surface area (Å²) in [5.74, 6) is -0.421. The second kappa shape index (κ2) is 9.17. The predicted molar refractivity (Wildman–Crippen MR) is 110 cm³/mol. The molecule has 156 valence electrons. The second-order valence-corrected chi connectivity index (χ2v) is 8.14. The van der Waals surface area contributed by atoms with Crippen LogP contribution >= 0.6 is 11.3 Å². The molecule has 1 saturated heterocycles. The molecule has 0 bridgehead atoms. The van der Waals surface area contributed by atoms with Crippen LogP contribution < -0.4 is 15.5 Å². The van der Waals surface area contributed by atoms with Crippen LogP contribution in [-0.4, -0.2) is 54.1 Å². The van der Waals surface area contributed by atoms with Crippen molar-refractivity contribution in [3.63, 3.8) is 0 Å². The van der Waals surface area contributed by atoms with E-state index in [1.54, 1.807) is 24.6 Å². The molecule has 3 heterocycles. The van der Waals surface area contributed by atoms with Gasteiger partial charge in [0.05, 0.1) is 11.3 Å². The van der Waals surface area contributed by atoms with E-state index in [2.05, 4.69) is 39.3 Å². The van der Waals surface area contributed by atoms with Gasteiger partial charge in [-0.15, -0.1) is 11.3 Å². The normalized spacial score (nSPS) is 14.7. The molecule has 0 aromatic carbocycles. The molecule has 1 aliphatic rings. The molecule has 0 atom stereocenters. The molecule has 0 unspecified atom stereocenters. The number of carbonyl (C=O) groups excluding carboxylic acids is 3. The maximum Gasteiger partial charge on any atom is 0.321 e. The number of aryl methyl sites for hydroxylation is 2. The van der Waals surface area contributed by atoms with Crippen LogP contribution in [0.3, 0.4) is 0 Å². The third-order valence-electron chi connectivity index (χ3n) is 5.01. The van der Waals surface area contributed by atoms with E-state index in [1.807, 2.05) is 0 Å². The highest BCUT2D eigenvalue weighted by molar-refractivity contribution is 7.18. The van der Waals surface area contributed by atoms with Gasteiger partial charge in [-0.25, -0.2) is 14.8 Å². The summed E-state index contributed by atoms with van der Waals surface area (Å²) in [6, 6.07) is -0.600. The fraction of sp³-hybridized carbons (Fsp3) is 0.526. The molecular formula is C19H25N5O4S. The first-order chi connectivity index (χ1) is 13.9. The second-order valence-electron chi connectivity index (χ2n) is 6.94. The summed E-state index contributed by atoms with van der Waals surface area (Å²) in [7, 11) is 0. The molecule has 29 heavy (non-hydrogen) atoms. The van der Waals surface area contributed by atoms with Gasteiger partial charge in [0.2, 0.25) is 0 Å². The Labute approximate surface area is 172 Å². The zero-order valence-electron chi connectivity index (χ0n) is 16.8. The molecule has 2 aromatic rings. The minimum Gasteiger partial charge on any atom is -0.455 e. The Balaban J connectivity index is 1.54. The largest absolute Gasteiger partial charge is 0.455 e. The van der Waals surface area contributed by atoms with Gasteiger partial charge in [-0.1, -0.05) is 0 Å². The number of amides is 3. The molecule has 3 amide bonds. The highest BCUT2D eigenvalue weighted by atomic mass is 32.1. The van der Waals surface area contributed by atoms with Crippen LogP contribution in [0.25, 0.3) is 10.2 Å². The van der Waals surface area contributed by atoms with E-state index in [4.69, 9.17) is 4.74 Å². The van der Waals surface area contributed by atoms with Crippen LogP contribution in [-0.2, 0) is 14.3 Å². The molecule has 1 fully saturated rings. The van der Waals surface area contributed by atoms with Crippen LogP contribution in [0.1, 0.15) is 30.2 Å². The van der Waals surface area contributed by atoms with Crippen molar-refractivity contribution in [3.8, 4) is 0 Å². The van der Waals surface area contributed by atoms with Crippen molar-refractivity contribution in [2.45, 2.75) is 33.6 Å². The van der Waals surface area contributed by atoms with Gasteiger partial charge in [-0.05, 0) is 39.2 Å². The van der Waals surface area contributed by atoms with Crippen LogP contribution in [0.2, 0.25) is 0 Å². The third kappa shape index (κ3) is 4.81. The van der Waals surface area contributed by atoms with E-state index in [-0.39, 0.29) is 5.92 Å². The lowest BCUT2D eigenvalue weighted by atomic mass is 9.97. The Morgan fingerprint density at radius 1 is 1.24 bits per heavy atom. The minimum atomic E-state index is -0.645. The molecule has 2 aromatic heterocycles. The Kier molecular flexibility index (Phi) is 6.63. The van der Waals surface area contributed by atoms with Crippen molar-refractivity contribution in [1.29, 1.82) is 0 Å². The van der Waals surface area contributed by atoms with Crippen LogP contribution in [0.5, 0.6) is 0 Å². The van der Waals surface area contributed by atoms with Gasteiger partial charge in [0.1, 0.15) is 17.0 Å². The monoisotopic (exact) mass is 419 g/mol. The lowest BCUT2D eigenvalue weighted by Gasteiger charge is -2.32. The Bertz CT molecular complexity index is 921. The molecule has 1 aliphatic heterocycles. The lowest BCUT2D eigenvalue weighted by molar-refractivity contribution is -0.153. The van der Waals surface area contributed by atoms with Crippen LogP contribution in [0.15, 0.2) is 6.33 Å². The number of hydrogen-bond acceptors (Lipinski definition) is 8. The van der Waals surface area contributed by atoms with E-state index < -0.39 is 24.5 Å². The molecular weight excluding hydrogens is 394 g/mol. The summed E-state index contributed by atoms with van der Waals surface area (Å²) >= 11 is 1.66. The number of thiophene rings is 1. The summed E-state index contributed by atoms with van der Waals surface area (Å²) < 4.78 is 5.08. The third-order valence-corrected chi connectivity index (χ3v) is 6.12. The van der Waals surface area contributed by atoms with E-state index in [0.717, 1.165) is 16.0 Å². The van der Waals surface area contributed by atoms with Crippen molar-refractivity contribution in [2.24, 2.45) is 5.92 Å². The van der Waals surface area contributed by atoms with Crippen LogP contribution in [0, 0.1) is 19.8 Å². The fourth-order valence-electron chi connectivity index (χ4n) is 3.35. The maximum absolute atomic E-state index is 12.3. The quantitative estimate of drug-likeness (QED) is 0.712. The first-order valence-corrected chi connectivity index (χ1v) is 10.4. The van der Waals surface area contributed by atoms with E-state index in [0.29, 0.717) is 32.5 Å². The fourth-order valence-corrected chi connectivity index (χ4v) is 4.34. The van der Waals surface area contributed by atoms with Gasteiger partial charge >= 0.3 is 12.0 Å². The Hall–Kier alpha value is -2.75. The average molecular weight is 420 g/mol. The van der Waals surface area contributed by atoms with Crippen molar-refractivity contribution >= 4 is 45.3 Å². The minimum absolute atomic E-state index is 0.272. The maximum atomic E-state index is 12.3. The zero-order valence-corrected chi connectivity index (χ0v) is 17.6. The highest BCUT2D eigenvalue weighted by Gasteiger charge is 2.28. The summed E-state index contributed by atoms with van der Waals surface area (Å²) in [6.45, 7) is 7.18.